The SMILES string of the molecule is C[C@H](C[CH]NNC(=O)OC(C)(C)C)n1cnc(-c2cccnc2)c1. The van der Waals surface area contributed by atoms with Gasteiger partial charge in [0.15, 0.2) is 0 Å². The minimum absolute atomic E-state index is 0.191. The van der Waals surface area contributed by atoms with Crippen molar-refractivity contribution in [1.82, 2.24) is 25.4 Å². The normalized spacial score (nSPS) is 12.7. The van der Waals surface area contributed by atoms with Gasteiger partial charge in [0.1, 0.15) is 5.60 Å². The predicted molar refractivity (Wildman–Crippen MR) is 91.6 cm³/mol. The topological polar surface area (TPSA) is 81.1 Å². The molecule has 7 heteroatoms. The molecule has 2 heterocycles. The van der Waals surface area contributed by atoms with Crippen molar-refractivity contribution in [3.8, 4) is 11.3 Å². The Kier molecular flexibility index (Phi) is 5.92. The van der Waals surface area contributed by atoms with Crippen molar-refractivity contribution in [3.05, 3.63) is 43.6 Å². The Morgan fingerprint density at radius 3 is 2.92 bits per heavy atom. The highest BCUT2D eigenvalue weighted by Gasteiger charge is 2.15. The summed E-state index contributed by atoms with van der Waals surface area (Å²) in [5.74, 6) is 0. The Morgan fingerprint density at radius 2 is 2.25 bits per heavy atom. The molecule has 0 aliphatic heterocycles. The number of carbonyl (C=O) groups is 1. The fourth-order valence-electron chi connectivity index (χ4n) is 2.01. The van der Waals surface area contributed by atoms with E-state index >= 15 is 0 Å². The molecule has 1 atom stereocenters. The van der Waals surface area contributed by atoms with E-state index in [2.05, 4.69) is 27.7 Å². The fourth-order valence-corrected chi connectivity index (χ4v) is 2.01. The highest BCUT2D eigenvalue weighted by Crippen LogP contribution is 2.19. The van der Waals surface area contributed by atoms with Crippen molar-refractivity contribution in [3.63, 3.8) is 0 Å². The lowest BCUT2D eigenvalue weighted by Gasteiger charge is -2.20. The number of aromatic nitrogens is 3. The van der Waals surface area contributed by atoms with Crippen LogP contribution in [-0.2, 0) is 4.74 Å². The first-order chi connectivity index (χ1) is 11.3. The third-order valence-electron chi connectivity index (χ3n) is 3.20. The molecule has 0 fully saturated rings. The maximum Gasteiger partial charge on any atom is 0.422 e. The molecule has 0 unspecified atom stereocenters. The number of nitrogens with zero attached hydrogens (tertiary/aromatic N) is 3. The number of amides is 1. The van der Waals surface area contributed by atoms with Crippen LogP contribution in [0.4, 0.5) is 4.79 Å². The number of rotatable bonds is 6. The third kappa shape index (κ3) is 5.66. The van der Waals surface area contributed by atoms with Gasteiger partial charge in [-0.25, -0.2) is 15.2 Å². The number of carbonyl (C=O) groups excluding carboxylic acids is 1. The van der Waals surface area contributed by atoms with Gasteiger partial charge in [0.25, 0.3) is 0 Å². The molecule has 2 N–H and O–H groups in total. The van der Waals surface area contributed by atoms with E-state index in [0.717, 1.165) is 11.3 Å². The second kappa shape index (κ2) is 7.92. The first-order valence-corrected chi connectivity index (χ1v) is 7.85. The van der Waals surface area contributed by atoms with Crippen molar-refractivity contribution in [2.24, 2.45) is 0 Å². The molecule has 0 bridgehead atoms. The molecule has 2 rings (SSSR count). The van der Waals surface area contributed by atoms with Crippen LogP contribution in [0.2, 0.25) is 0 Å². The van der Waals surface area contributed by atoms with E-state index in [1.165, 1.54) is 0 Å². The average Bonchev–Trinajstić information content (AvgIpc) is 3.00. The van der Waals surface area contributed by atoms with Crippen LogP contribution < -0.4 is 10.9 Å². The quantitative estimate of drug-likeness (QED) is 0.628. The van der Waals surface area contributed by atoms with Gasteiger partial charge in [-0.15, -0.1) is 0 Å². The van der Waals surface area contributed by atoms with E-state index in [4.69, 9.17) is 4.74 Å². The standard InChI is InChI=1S/C17H24N5O2/c1-13(7-9-20-21-16(23)24-17(2,3)4)22-11-15(19-12-22)14-6-5-8-18-10-14/h5-6,8-13,20H,7H2,1-4H3,(H,21,23)/t13-/m1/s1. The van der Waals surface area contributed by atoms with Crippen molar-refractivity contribution in [2.75, 3.05) is 0 Å². The Balaban J connectivity index is 1.76. The maximum absolute atomic E-state index is 11.5. The predicted octanol–water partition coefficient (Wildman–Crippen LogP) is 3.09. The molecular weight excluding hydrogens is 306 g/mol. The summed E-state index contributed by atoms with van der Waals surface area (Å²) in [5.41, 5.74) is 6.58. The van der Waals surface area contributed by atoms with Crippen LogP contribution in [0.15, 0.2) is 37.1 Å². The molecule has 2 aromatic heterocycles. The van der Waals surface area contributed by atoms with Crippen LogP contribution in [0, 0.1) is 6.54 Å². The van der Waals surface area contributed by atoms with Crippen LogP contribution in [0.3, 0.4) is 0 Å². The van der Waals surface area contributed by atoms with Crippen LogP contribution in [0.25, 0.3) is 11.3 Å². The Bertz CT molecular complexity index is 649. The third-order valence-corrected chi connectivity index (χ3v) is 3.20. The second-order valence-corrected chi connectivity index (χ2v) is 6.51. The summed E-state index contributed by atoms with van der Waals surface area (Å²) in [6.07, 6.45) is 7.50. The van der Waals surface area contributed by atoms with E-state index in [0.29, 0.717) is 6.42 Å². The largest absolute Gasteiger partial charge is 0.443 e. The molecule has 0 aliphatic rings. The van der Waals surface area contributed by atoms with Crippen molar-refractivity contribution in [2.45, 2.75) is 45.8 Å². The van der Waals surface area contributed by atoms with Crippen molar-refractivity contribution in [1.29, 1.82) is 0 Å². The zero-order valence-electron chi connectivity index (χ0n) is 14.5. The van der Waals surface area contributed by atoms with Crippen molar-refractivity contribution >= 4 is 6.09 Å². The summed E-state index contributed by atoms with van der Waals surface area (Å²) in [6.45, 7) is 9.30. The van der Waals surface area contributed by atoms with Gasteiger partial charge in [0.2, 0.25) is 0 Å². The van der Waals surface area contributed by atoms with Crippen LogP contribution in [-0.4, -0.2) is 26.2 Å². The number of nitrogens with one attached hydrogen (secondary N) is 2. The summed E-state index contributed by atoms with van der Waals surface area (Å²) >= 11 is 0. The molecule has 0 aliphatic carbocycles. The van der Waals surface area contributed by atoms with Crippen LogP contribution in [0.5, 0.6) is 0 Å². The summed E-state index contributed by atoms with van der Waals surface area (Å²) in [4.78, 5) is 20.0. The van der Waals surface area contributed by atoms with Crippen LogP contribution >= 0.6 is 0 Å². The Morgan fingerprint density at radius 1 is 1.46 bits per heavy atom. The monoisotopic (exact) mass is 330 g/mol. The molecule has 0 aromatic carbocycles. The van der Waals surface area contributed by atoms with E-state index in [-0.39, 0.29) is 6.04 Å². The number of hydrazine groups is 1. The van der Waals surface area contributed by atoms with Gasteiger partial charge in [0.05, 0.1) is 12.0 Å². The average molecular weight is 330 g/mol. The summed E-state index contributed by atoms with van der Waals surface area (Å²) in [7, 11) is 0. The molecular formula is C17H24N5O2. The van der Waals surface area contributed by atoms with E-state index in [1.807, 2.05) is 43.7 Å². The number of imidazole rings is 1. The molecule has 7 nitrogen and oxygen atoms in total. The van der Waals surface area contributed by atoms with Gasteiger partial charge in [0, 0.05) is 36.7 Å². The lowest BCUT2D eigenvalue weighted by Crippen LogP contribution is -2.40. The number of ether oxygens (including phenoxy) is 1. The zero-order valence-corrected chi connectivity index (χ0v) is 14.5. The molecule has 1 amide bonds. The minimum atomic E-state index is -0.515. The second-order valence-electron chi connectivity index (χ2n) is 6.51. The van der Waals surface area contributed by atoms with E-state index in [9.17, 15) is 4.79 Å². The lowest BCUT2D eigenvalue weighted by atomic mass is 10.2. The molecule has 24 heavy (non-hydrogen) atoms. The molecule has 0 saturated carbocycles. The van der Waals surface area contributed by atoms with Gasteiger partial charge in [-0.1, -0.05) is 0 Å². The minimum Gasteiger partial charge on any atom is -0.443 e. The highest BCUT2D eigenvalue weighted by molar-refractivity contribution is 5.67. The molecule has 0 spiro atoms. The van der Waals surface area contributed by atoms with Gasteiger partial charge in [-0.3, -0.25) is 10.4 Å². The van der Waals surface area contributed by atoms with Crippen LogP contribution in [0.1, 0.15) is 40.2 Å². The molecule has 1 radical (unpaired) electrons. The summed E-state index contributed by atoms with van der Waals surface area (Å²) in [5, 5.41) is 0. The summed E-state index contributed by atoms with van der Waals surface area (Å²) < 4.78 is 7.15. The Hall–Kier alpha value is -2.41. The number of pyridine rings is 1. The summed E-state index contributed by atoms with van der Waals surface area (Å²) in [6, 6.07) is 4.05. The Labute approximate surface area is 142 Å². The maximum atomic E-state index is 11.5. The first-order valence-electron chi connectivity index (χ1n) is 7.85. The number of hydrogen-bond acceptors (Lipinski definition) is 5. The van der Waals surface area contributed by atoms with Crippen molar-refractivity contribution < 1.29 is 9.53 Å². The molecule has 129 valence electrons. The smallest absolute Gasteiger partial charge is 0.422 e. The highest BCUT2D eigenvalue weighted by atomic mass is 16.6. The lowest BCUT2D eigenvalue weighted by molar-refractivity contribution is 0.0504. The zero-order chi connectivity index (χ0) is 17.6. The van der Waals surface area contributed by atoms with Gasteiger partial charge < -0.3 is 9.30 Å². The van der Waals surface area contributed by atoms with E-state index < -0.39 is 11.7 Å². The van der Waals surface area contributed by atoms with Gasteiger partial charge >= 0.3 is 6.09 Å². The number of hydrogen-bond donors (Lipinski definition) is 2. The van der Waals surface area contributed by atoms with Gasteiger partial charge in [-0.05, 0) is 46.2 Å². The van der Waals surface area contributed by atoms with Gasteiger partial charge in [-0.2, -0.15) is 0 Å². The van der Waals surface area contributed by atoms with E-state index in [1.54, 1.807) is 25.3 Å². The molecule has 0 saturated heterocycles. The first kappa shape index (κ1) is 17.9. The molecule has 2 aromatic rings. The fraction of sp³-hybridized carbons (Fsp3) is 0.412.